The number of amides is 1. The predicted molar refractivity (Wildman–Crippen MR) is 105 cm³/mol. The Morgan fingerprint density at radius 1 is 0.963 bits per heavy atom. The molecule has 0 aromatic heterocycles. The van der Waals surface area contributed by atoms with E-state index < -0.39 is 0 Å². The van der Waals surface area contributed by atoms with Crippen LogP contribution in [0.1, 0.15) is 70.0 Å². The zero-order valence-corrected chi connectivity index (χ0v) is 15.9. The van der Waals surface area contributed by atoms with Gasteiger partial charge in [0.2, 0.25) is 0 Å². The van der Waals surface area contributed by atoms with Gasteiger partial charge in [0, 0.05) is 11.3 Å². The van der Waals surface area contributed by atoms with E-state index in [1.807, 2.05) is 0 Å². The summed E-state index contributed by atoms with van der Waals surface area (Å²) in [5.74, 6) is -0.484. The van der Waals surface area contributed by atoms with Gasteiger partial charge in [-0.2, -0.15) is 0 Å². The van der Waals surface area contributed by atoms with E-state index in [2.05, 4.69) is 24.4 Å². The number of rotatable bonds is 3. The van der Waals surface area contributed by atoms with E-state index in [4.69, 9.17) is 4.74 Å². The molecule has 2 aromatic rings. The summed E-state index contributed by atoms with van der Waals surface area (Å²) in [6, 6.07) is 10.9. The average molecular weight is 363 g/mol. The number of hydrogen-bond acceptors (Lipinski definition) is 3. The molecule has 0 fully saturated rings. The van der Waals surface area contributed by atoms with E-state index in [0.29, 0.717) is 16.7 Å². The molecule has 4 rings (SSSR count). The minimum absolute atomic E-state index is 0.0993. The first-order chi connectivity index (χ1) is 13.0. The molecule has 2 aliphatic carbocycles. The first-order valence-electron chi connectivity index (χ1n) is 9.66. The summed E-state index contributed by atoms with van der Waals surface area (Å²) < 4.78 is 4.70. The molecule has 0 spiro atoms. The van der Waals surface area contributed by atoms with Crippen molar-refractivity contribution in [1.29, 1.82) is 0 Å². The molecule has 0 aliphatic heterocycles. The smallest absolute Gasteiger partial charge is 0.337 e. The van der Waals surface area contributed by atoms with E-state index in [-0.39, 0.29) is 11.9 Å². The lowest BCUT2D eigenvalue weighted by Crippen LogP contribution is -2.33. The maximum atomic E-state index is 12.8. The second-order valence-electron chi connectivity index (χ2n) is 7.96. The number of carbonyl (C=O) groups excluding carboxylic acids is 2. The van der Waals surface area contributed by atoms with Crippen LogP contribution in [0.15, 0.2) is 36.4 Å². The highest BCUT2D eigenvalue weighted by Gasteiger charge is 2.36. The molecule has 27 heavy (non-hydrogen) atoms. The maximum absolute atomic E-state index is 12.8. The third-order valence-corrected chi connectivity index (χ3v) is 6.08. The Labute approximate surface area is 159 Å². The molecule has 1 amide bonds. The van der Waals surface area contributed by atoms with Gasteiger partial charge in [0.05, 0.1) is 12.7 Å². The van der Waals surface area contributed by atoms with E-state index >= 15 is 0 Å². The normalized spacial score (nSPS) is 17.0. The van der Waals surface area contributed by atoms with Gasteiger partial charge in [-0.05, 0) is 97.0 Å². The quantitative estimate of drug-likeness (QED) is 0.807. The van der Waals surface area contributed by atoms with Crippen molar-refractivity contribution >= 4 is 17.6 Å². The van der Waals surface area contributed by atoms with Crippen molar-refractivity contribution in [3.8, 4) is 0 Å². The van der Waals surface area contributed by atoms with E-state index in [1.165, 1.54) is 49.5 Å². The highest BCUT2D eigenvalue weighted by Crippen LogP contribution is 2.46. The maximum Gasteiger partial charge on any atom is 0.337 e. The van der Waals surface area contributed by atoms with E-state index in [0.717, 1.165) is 18.4 Å². The van der Waals surface area contributed by atoms with Gasteiger partial charge < -0.3 is 10.1 Å². The molecule has 0 unspecified atom stereocenters. The molecule has 0 heterocycles. The molecular formula is C23H25NO3. The second kappa shape index (κ2) is 6.84. The Balaban J connectivity index is 1.59. The molecule has 0 saturated heterocycles. The Bertz CT molecular complexity index is 867. The van der Waals surface area contributed by atoms with Crippen LogP contribution >= 0.6 is 0 Å². The fourth-order valence-electron chi connectivity index (χ4n) is 4.79. The molecule has 0 atom stereocenters. The zero-order chi connectivity index (χ0) is 19.0. The van der Waals surface area contributed by atoms with Gasteiger partial charge in [0.1, 0.15) is 0 Å². The van der Waals surface area contributed by atoms with Crippen LogP contribution < -0.4 is 5.32 Å². The number of ether oxygens (including phenoxy) is 1. The number of hydrogen-bond donors (Lipinski definition) is 1. The number of esters is 1. The highest BCUT2D eigenvalue weighted by molar-refractivity contribution is 6.05. The van der Waals surface area contributed by atoms with Gasteiger partial charge in [0.25, 0.3) is 5.91 Å². The molecule has 1 N–H and O–H groups in total. The SMILES string of the molecule is COC(=O)c1ccc(NC(=O)c2cc3c4c(c2)CCCC4(C)CCC3)cc1. The van der Waals surface area contributed by atoms with Crippen molar-refractivity contribution in [1.82, 2.24) is 0 Å². The number of benzene rings is 2. The summed E-state index contributed by atoms with van der Waals surface area (Å²) in [5.41, 5.74) is 6.38. The molecule has 140 valence electrons. The van der Waals surface area contributed by atoms with Crippen LogP contribution in [0.4, 0.5) is 5.69 Å². The minimum Gasteiger partial charge on any atom is -0.465 e. The number of methoxy groups -OCH3 is 1. The van der Waals surface area contributed by atoms with Crippen molar-refractivity contribution in [2.75, 3.05) is 12.4 Å². The van der Waals surface area contributed by atoms with Crippen LogP contribution in [0.25, 0.3) is 0 Å². The van der Waals surface area contributed by atoms with Gasteiger partial charge >= 0.3 is 5.97 Å². The van der Waals surface area contributed by atoms with E-state index in [9.17, 15) is 9.59 Å². The van der Waals surface area contributed by atoms with Crippen molar-refractivity contribution in [2.24, 2.45) is 0 Å². The third-order valence-electron chi connectivity index (χ3n) is 6.08. The van der Waals surface area contributed by atoms with Crippen LogP contribution in [0.2, 0.25) is 0 Å². The number of carbonyl (C=O) groups is 2. The summed E-state index contributed by atoms with van der Waals surface area (Å²) in [5, 5.41) is 2.95. The van der Waals surface area contributed by atoms with Gasteiger partial charge in [-0.15, -0.1) is 0 Å². The summed E-state index contributed by atoms with van der Waals surface area (Å²) in [6.45, 7) is 2.39. The molecule has 0 saturated carbocycles. The van der Waals surface area contributed by atoms with Gasteiger partial charge in [-0.1, -0.05) is 6.92 Å². The highest BCUT2D eigenvalue weighted by atomic mass is 16.5. The molecule has 0 bridgehead atoms. The van der Waals surface area contributed by atoms with Gasteiger partial charge in [-0.3, -0.25) is 4.79 Å². The summed E-state index contributed by atoms with van der Waals surface area (Å²) in [7, 11) is 1.35. The Kier molecular flexibility index (Phi) is 4.50. The molecular weight excluding hydrogens is 338 g/mol. The summed E-state index contributed by atoms with van der Waals surface area (Å²) in [4.78, 5) is 24.3. The largest absolute Gasteiger partial charge is 0.465 e. The monoisotopic (exact) mass is 363 g/mol. The lowest BCUT2D eigenvalue weighted by molar-refractivity contribution is 0.0600. The summed E-state index contributed by atoms with van der Waals surface area (Å²) in [6.07, 6.45) is 7.03. The molecule has 2 aromatic carbocycles. The van der Waals surface area contributed by atoms with Crippen molar-refractivity contribution in [3.05, 3.63) is 64.2 Å². The first-order valence-corrected chi connectivity index (χ1v) is 9.66. The topological polar surface area (TPSA) is 55.4 Å². The van der Waals surface area contributed by atoms with Crippen LogP contribution in [0.5, 0.6) is 0 Å². The van der Waals surface area contributed by atoms with Crippen molar-refractivity contribution in [2.45, 2.75) is 50.9 Å². The van der Waals surface area contributed by atoms with Crippen molar-refractivity contribution < 1.29 is 14.3 Å². The van der Waals surface area contributed by atoms with E-state index in [1.54, 1.807) is 24.3 Å². The zero-order valence-electron chi connectivity index (χ0n) is 15.9. The van der Waals surface area contributed by atoms with Gasteiger partial charge in [-0.25, -0.2) is 4.79 Å². The Morgan fingerprint density at radius 2 is 1.56 bits per heavy atom. The average Bonchev–Trinajstić information content (AvgIpc) is 2.67. The van der Waals surface area contributed by atoms with Crippen LogP contribution in [0, 0.1) is 0 Å². The fourth-order valence-corrected chi connectivity index (χ4v) is 4.79. The number of aryl methyl sites for hydroxylation is 2. The molecule has 4 nitrogen and oxygen atoms in total. The molecule has 4 heteroatoms. The Morgan fingerprint density at radius 3 is 2.11 bits per heavy atom. The standard InChI is InChI=1S/C23H25NO3/c1-23-11-3-5-16-13-18(14-17(20(16)23)6-4-12-23)21(25)24-19-9-7-15(8-10-19)22(26)27-2/h7-10,13-14H,3-6,11-12H2,1-2H3,(H,24,25). The van der Waals surface area contributed by atoms with Gasteiger partial charge in [0.15, 0.2) is 0 Å². The number of nitrogens with one attached hydrogen (secondary N) is 1. The summed E-state index contributed by atoms with van der Waals surface area (Å²) >= 11 is 0. The van der Waals surface area contributed by atoms with Crippen LogP contribution in [-0.2, 0) is 23.0 Å². The second-order valence-corrected chi connectivity index (χ2v) is 7.96. The number of anilines is 1. The first kappa shape index (κ1) is 17.8. The lowest BCUT2D eigenvalue weighted by atomic mass is 9.63. The Hall–Kier alpha value is -2.62. The molecule has 2 aliphatic rings. The predicted octanol–water partition coefficient (Wildman–Crippen LogP) is 4.66. The lowest BCUT2D eigenvalue weighted by Gasteiger charge is -2.41. The fraction of sp³-hybridized carbons (Fsp3) is 0.391. The molecule has 0 radical (unpaired) electrons. The van der Waals surface area contributed by atoms with Crippen LogP contribution in [-0.4, -0.2) is 19.0 Å². The third kappa shape index (κ3) is 3.25. The van der Waals surface area contributed by atoms with Crippen molar-refractivity contribution in [3.63, 3.8) is 0 Å². The van der Waals surface area contributed by atoms with Crippen LogP contribution in [0.3, 0.4) is 0 Å². The minimum atomic E-state index is -0.385.